The summed E-state index contributed by atoms with van der Waals surface area (Å²) in [6.45, 7) is 0.530. The van der Waals surface area contributed by atoms with E-state index in [1.165, 1.54) is 11.0 Å². The zero-order chi connectivity index (χ0) is 15.6. The Hall–Kier alpha value is -1.53. The number of carbonyl (C=O) groups excluding carboxylic acids is 1. The lowest BCUT2D eigenvalue weighted by Gasteiger charge is -2.30. The molecule has 114 valence electrons. The second-order valence-electron chi connectivity index (χ2n) is 4.80. The van der Waals surface area contributed by atoms with E-state index in [2.05, 4.69) is 5.32 Å². The molecular formula is C13H13Cl2FN2O3. The molecule has 8 heteroatoms. The number of anilines is 1. The molecule has 0 aromatic heterocycles. The summed E-state index contributed by atoms with van der Waals surface area (Å²) in [5, 5.41) is 11.5. The van der Waals surface area contributed by atoms with Gasteiger partial charge in [0.25, 0.3) is 0 Å². The topological polar surface area (TPSA) is 69.6 Å². The highest BCUT2D eigenvalue weighted by Crippen LogP contribution is 2.28. The molecule has 0 aliphatic carbocycles. The van der Waals surface area contributed by atoms with Crippen LogP contribution in [0.5, 0.6) is 0 Å². The quantitative estimate of drug-likeness (QED) is 0.813. The summed E-state index contributed by atoms with van der Waals surface area (Å²) in [7, 11) is 0. The molecule has 1 saturated heterocycles. The third-order valence-electron chi connectivity index (χ3n) is 3.31. The number of piperidine rings is 1. The molecule has 1 atom stereocenters. The maximum atomic E-state index is 13.7. The Balaban J connectivity index is 2.07. The van der Waals surface area contributed by atoms with Gasteiger partial charge in [0, 0.05) is 13.1 Å². The lowest BCUT2D eigenvalue weighted by Crippen LogP contribution is -2.44. The smallest absolute Gasteiger partial charge is 0.321 e. The van der Waals surface area contributed by atoms with Crippen LogP contribution >= 0.6 is 23.2 Å². The van der Waals surface area contributed by atoms with Gasteiger partial charge in [-0.15, -0.1) is 0 Å². The second-order valence-corrected chi connectivity index (χ2v) is 5.61. The number of hydrogen-bond acceptors (Lipinski definition) is 2. The lowest BCUT2D eigenvalue weighted by molar-refractivity contribution is -0.143. The van der Waals surface area contributed by atoms with Crippen LogP contribution in [0.4, 0.5) is 14.9 Å². The fraction of sp³-hybridized carbons (Fsp3) is 0.385. The van der Waals surface area contributed by atoms with Crippen molar-refractivity contribution in [1.29, 1.82) is 0 Å². The molecule has 1 aromatic rings. The molecule has 1 aromatic carbocycles. The molecule has 5 nitrogen and oxygen atoms in total. The van der Waals surface area contributed by atoms with Gasteiger partial charge >= 0.3 is 12.0 Å². The number of carboxylic acid groups (broad SMARTS) is 1. The van der Waals surface area contributed by atoms with E-state index in [4.69, 9.17) is 28.3 Å². The molecule has 0 bridgehead atoms. The first-order valence-corrected chi connectivity index (χ1v) is 7.07. The van der Waals surface area contributed by atoms with E-state index in [1.54, 1.807) is 0 Å². The van der Waals surface area contributed by atoms with E-state index in [-0.39, 0.29) is 22.3 Å². The van der Waals surface area contributed by atoms with Crippen molar-refractivity contribution in [3.63, 3.8) is 0 Å². The first kappa shape index (κ1) is 15.9. The summed E-state index contributed by atoms with van der Waals surface area (Å²) in [5.41, 5.74) is -0.0909. The van der Waals surface area contributed by atoms with E-state index < -0.39 is 23.7 Å². The van der Waals surface area contributed by atoms with Crippen LogP contribution in [-0.2, 0) is 4.79 Å². The Morgan fingerprint density at radius 3 is 2.67 bits per heavy atom. The molecule has 21 heavy (non-hydrogen) atoms. The van der Waals surface area contributed by atoms with Crippen LogP contribution in [-0.4, -0.2) is 35.1 Å². The largest absolute Gasteiger partial charge is 0.481 e. The Labute approximate surface area is 130 Å². The minimum atomic E-state index is -0.937. The van der Waals surface area contributed by atoms with Crippen molar-refractivity contribution in [1.82, 2.24) is 4.90 Å². The highest BCUT2D eigenvalue weighted by atomic mass is 35.5. The molecule has 0 saturated carbocycles. The Bertz CT molecular complexity index is 583. The Kier molecular flexibility index (Phi) is 4.90. The van der Waals surface area contributed by atoms with Gasteiger partial charge in [-0.25, -0.2) is 9.18 Å². The molecule has 0 spiro atoms. The zero-order valence-electron chi connectivity index (χ0n) is 10.9. The molecule has 1 aliphatic heterocycles. The van der Waals surface area contributed by atoms with Gasteiger partial charge in [-0.1, -0.05) is 23.2 Å². The summed E-state index contributed by atoms with van der Waals surface area (Å²) in [6.07, 6.45) is 1.12. The first-order valence-electron chi connectivity index (χ1n) is 6.31. The summed E-state index contributed by atoms with van der Waals surface area (Å²) >= 11 is 11.4. The number of urea groups is 1. The maximum Gasteiger partial charge on any atom is 0.321 e. The van der Waals surface area contributed by atoms with Crippen LogP contribution in [0, 0.1) is 11.7 Å². The minimum Gasteiger partial charge on any atom is -0.481 e. The number of nitrogens with one attached hydrogen (secondary N) is 1. The number of aliphatic carboxylic acids is 1. The Morgan fingerprint density at radius 2 is 2.00 bits per heavy atom. The maximum absolute atomic E-state index is 13.7. The molecule has 1 heterocycles. The van der Waals surface area contributed by atoms with Crippen molar-refractivity contribution in [2.75, 3.05) is 18.4 Å². The fourth-order valence-electron chi connectivity index (χ4n) is 2.18. The van der Waals surface area contributed by atoms with Gasteiger partial charge in [0.05, 0.1) is 21.7 Å². The standard InChI is InChI=1S/C13H13Cl2FN2O3/c14-8-4-10(16)11(5-9(8)15)17-13(21)18-3-1-2-7(6-18)12(19)20/h4-5,7H,1-3,6H2,(H,17,21)(H,19,20). The van der Waals surface area contributed by atoms with Crippen molar-refractivity contribution >= 4 is 40.9 Å². The van der Waals surface area contributed by atoms with E-state index in [0.29, 0.717) is 19.4 Å². The van der Waals surface area contributed by atoms with Gasteiger partial charge < -0.3 is 15.3 Å². The van der Waals surface area contributed by atoms with Gasteiger partial charge in [0.15, 0.2) is 0 Å². The molecule has 1 aliphatic rings. The summed E-state index contributed by atoms with van der Waals surface area (Å²) in [4.78, 5) is 24.4. The van der Waals surface area contributed by atoms with Crippen LogP contribution < -0.4 is 5.32 Å². The van der Waals surface area contributed by atoms with Crippen molar-refractivity contribution < 1.29 is 19.1 Å². The normalized spacial score (nSPS) is 18.4. The average molecular weight is 335 g/mol. The average Bonchev–Trinajstić information content (AvgIpc) is 2.44. The van der Waals surface area contributed by atoms with E-state index in [9.17, 15) is 14.0 Å². The van der Waals surface area contributed by atoms with Crippen molar-refractivity contribution in [2.45, 2.75) is 12.8 Å². The van der Waals surface area contributed by atoms with E-state index in [1.807, 2.05) is 0 Å². The van der Waals surface area contributed by atoms with Crippen LogP contribution in [0.25, 0.3) is 0 Å². The number of halogens is 3. The monoisotopic (exact) mass is 334 g/mol. The van der Waals surface area contributed by atoms with Crippen LogP contribution in [0.1, 0.15) is 12.8 Å². The van der Waals surface area contributed by atoms with Crippen molar-refractivity contribution in [3.05, 3.63) is 28.0 Å². The molecular weight excluding hydrogens is 322 g/mol. The predicted molar refractivity (Wildman–Crippen MR) is 77.4 cm³/mol. The number of carboxylic acids is 1. The predicted octanol–water partition coefficient (Wildman–Crippen LogP) is 3.46. The molecule has 1 unspecified atom stereocenters. The molecule has 2 N–H and O–H groups in total. The number of benzene rings is 1. The molecule has 2 rings (SSSR count). The third kappa shape index (κ3) is 3.77. The van der Waals surface area contributed by atoms with Gasteiger partial charge in [-0.05, 0) is 25.0 Å². The van der Waals surface area contributed by atoms with Gasteiger partial charge in [-0.2, -0.15) is 0 Å². The van der Waals surface area contributed by atoms with E-state index >= 15 is 0 Å². The number of rotatable bonds is 2. The van der Waals surface area contributed by atoms with Crippen LogP contribution in [0.2, 0.25) is 10.0 Å². The SMILES string of the molecule is O=C(O)C1CCCN(C(=O)Nc2cc(Cl)c(Cl)cc2F)C1. The van der Waals surface area contributed by atoms with Gasteiger partial charge in [0.2, 0.25) is 0 Å². The molecule has 1 fully saturated rings. The molecule has 0 radical (unpaired) electrons. The van der Waals surface area contributed by atoms with Gasteiger partial charge in [-0.3, -0.25) is 4.79 Å². The highest BCUT2D eigenvalue weighted by molar-refractivity contribution is 6.42. The van der Waals surface area contributed by atoms with Crippen LogP contribution in [0.15, 0.2) is 12.1 Å². The number of amides is 2. The number of nitrogens with zero attached hydrogens (tertiary/aromatic N) is 1. The summed E-state index contributed by atoms with van der Waals surface area (Å²) in [5.74, 6) is -2.24. The fourth-order valence-corrected chi connectivity index (χ4v) is 2.49. The first-order chi connectivity index (χ1) is 9.88. The summed E-state index contributed by atoms with van der Waals surface area (Å²) in [6, 6.07) is 1.67. The number of hydrogen-bond donors (Lipinski definition) is 2. The van der Waals surface area contributed by atoms with Crippen molar-refractivity contribution in [3.8, 4) is 0 Å². The Morgan fingerprint density at radius 1 is 1.33 bits per heavy atom. The lowest BCUT2D eigenvalue weighted by atomic mass is 9.99. The van der Waals surface area contributed by atoms with Crippen molar-refractivity contribution in [2.24, 2.45) is 5.92 Å². The van der Waals surface area contributed by atoms with Gasteiger partial charge in [0.1, 0.15) is 5.82 Å². The highest BCUT2D eigenvalue weighted by Gasteiger charge is 2.28. The third-order valence-corrected chi connectivity index (χ3v) is 4.03. The minimum absolute atomic E-state index is 0.0519. The number of likely N-dealkylation sites (tertiary alicyclic amines) is 1. The zero-order valence-corrected chi connectivity index (χ0v) is 12.4. The number of carbonyl (C=O) groups is 2. The van der Waals surface area contributed by atoms with Crippen LogP contribution in [0.3, 0.4) is 0 Å². The van der Waals surface area contributed by atoms with E-state index in [0.717, 1.165) is 6.07 Å². The second kappa shape index (κ2) is 6.49. The molecule has 2 amide bonds. The summed E-state index contributed by atoms with van der Waals surface area (Å²) < 4.78 is 13.7.